The Labute approximate surface area is 188 Å². The number of ether oxygens (including phenoxy) is 1. The maximum Gasteiger partial charge on any atom is 0.300 e. The van der Waals surface area contributed by atoms with Gasteiger partial charge in [0.2, 0.25) is 0 Å². The highest BCUT2D eigenvalue weighted by Gasteiger charge is 2.47. The quantitative estimate of drug-likeness (QED) is 0.344. The standard InChI is InChI=1S/C25H20F2N2O4/c1-14(2)33-18-6-3-16(4-7-18)23(30)21-22(15-9-11-28-12-10-15)29(25(32)24(21)31)17-5-8-19(26)20(27)13-17/h3-14,22,30H,1-2H3/b23-21+. The smallest absolute Gasteiger partial charge is 0.300 e. The first-order valence-electron chi connectivity index (χ1n) is 10.2. The Balaban J connectivity index is 1.86. The summed E-state index contributed by atoms with van der Waals surface area (Å²) in [5.41, 5.74) is 0.578. The van der Waals surface area contributed by atoms with E-state index >= 15 is 0 Å². The maximum absolute atomic E-state index is 14.0. The second-order valence-corrected chi connectivity index (χ2v) is 7.74. The molecule has 1 atom stereocenters. The van der Waals surface area contributed by atoms with Crippen molar-refractivity contribution in [2.45, 2.75) is 26.0 Å². The highest BCUT2D eigenvalue weighted by molar-refractivity contribution is 6.51. The number of rotatable bonds is 5. The molecule has 1 amide bonds. The first-order chi connectivity index (χ1) is 15.8. The molecule has 1 unspecified atom stereocenters. The summed E-state index contributed by atoms with van der Waals surface area (Å²) in [6.45, 7) is 3.75. The van der Waals surface area contributed by atoms with Crippen molar-refractivity contribution in [1.29, 1.82) is 0 Å². The number of aliphatic hydroxyl groups excluding tert-OH is 1. The van der Waals surface area contributed by atoms with Crippen LogP contribution in [0.2, 0.25) is 0 Å². The van der Waals surface area contributed by atoms with Crippen LogP contribution in [0.4, 0.5) is 14.5 Å². The predicted molar refractivity (Wildman–Crippen MR) is 118 cm³/mol. The molecule has 1 N–H and O–H groups in total. The number of pyridine rings is 1. The fourth-order valence-corrected chi connectivity index (χ4v) is 3.71. The van der Waals surface area contributed by atoms with Gasteiger partial charge in [-0.3, -0.25) is 19.5 Å². The van der Waals surface area contributed by atoms with E-state index in [9.17, 15) is 23.5 Å². The fourth-order valence-electron chi connectivity index (χ4n) is 3.71. The molecule has 6 nitrogen and oxygen atoms in total. The Hall–Kier alpha value is -4.07. The highest BCUT2D eigenvalue weighted by atomic mass is 19.2. The third-order valence-electron chi connectivity index (χ3n) is 5.15. The van der Waals surface area contributed by atoms with Crippen LogP contribution in [0.3, 0.4) is 0 Å². The molecule has 1 aliphatic heterocycles. The number of halogens is 2. The minimum absolute atomic E-state index is 0.0162. The lowest BCUT2D eigenvalue weighted by atomic mass is 9.95. The topological polar surface area (TPSA) is 79.7 Å². The van der Waals surface area contributed by atoms with Crippen molar-refractivity contribution >= 4 is 23.1 Å². The molecule has 168 valence electrons. The average molecular weight is 450 g/mol. The Bertz CT molecular complexity index is 1240. The third kappa shape index (κ3) is 4.19. The van der Waals surface area contributed by atoms with E-state index in [-0.39, 0.29) is 17.4 Å². The number of carbonyl (C=O) groups excluding carboxylic acids is 2. The minimum atomic E-state index is -1.16. The summed E-state index contributed by atoms with van der Waals surface area (Å²) in [4.78, 5) is 31.0. The molecule has 0 spiro atoms. The molecule has 33 heavy (non-hydrogen) atoms. The number of benzene rings is 2. The van der Waals surface area contributed by atoms with Gasteiger partial charge >= 0.3 is 0 Å². The number of carbonyl (C=O) groups is 2. The molecule has 8 heteroatoms. The zero-order valence-corrected chi connectivity index (χ0v) is 17.8. The molecule has 0 saturated carbocycles. The van der Waals surface area contributed by atoms with E-state index < -0.39 is 35.1 Å². The molecule has 1 aromatic heterocycles. The van der Waals surface area contributed by atoms with E-state index in [1.54, 1.807) is 36.4 Å². The maximum atomic E-state index is 14.0. The molecule has 1 aliphatic rings. The molecule has 0 bridgehead atoms. The van der Waals surface area contributed by atoms with Gasteiger partial charge in [0.25, 0.3) is 11.7 Å². The van der Waals surface area contributed by atoms with E-state index in [2.05, 4.69) is 4.98 Å². The van der Waals surface area contributed by atoms with E-state index in [1.807, 2.05) is 13.8 Å². The van der Waals surface area contributed by atoms with Crippen molar-refractivity contribution in [3.8, 4) is 5.75 Å². The molecule has 1 saturated heterocycles. The monoisotopic (exact) mass is 450 g/mol. The number of amides is 1. The number of hydrogen-bond acceptors (Lipinski definition) is 5. The van der Waals surface area contributed by atoms with E-state index in [4.69, 9.17) is 4.74 Å². The summed E-state index contributed by atoms with van der Waals surface area (Å²) in [5, 5.41) is 11.1. The van der Waals surface area contributed by atoms with Gasteiger partial charge in [-0.05, 0) is 67.9 Å². The van der Waals surface area contributed by atoms with Crippen LogP contribution in [-0.4, -0.2) is 27.9 Å². The predicted octanol–water partition coefficient (Wildman–Crippen LogP) is 4.77. The number of Topliss-reactive ketones (excluding diaryl/α,β-unsaturated/α-hetero) is 1. The van der Waals surface area contributed by atoms with E-state index in [0.29, 0.717) is 16.9 Å². The molecule has 0 radical (unpaired) electrons. The first kappa shape index (κ1) is 22.1. The summed E-state index contributed by atoms with van der Waals surface area (Å²) in [7, 11) is 0. The number of nitrogens with zero attached hydrogens (tertiary/aromatic N) is 2. The molecular weight excluding hydrogens is 430 g/mol. The lowest BCUT2D eigenvalue weighted by molar-refractivity contribution is -0.132. The van der Waals surface area contributed by atoms with Crippen LogP contribution in [0.15, 0.2) is 72.6 Å². The Morgan fingerprint density at radius 3 is 2.27 bits per heavy atom. The number of ketones is 1. The van der Waals surface area contributed by atoms with Crippen LogP contribution in [0.5, 0.6) is 5.75 Å². The lowest BCUT2D eigenvalue weighted by Crippen LogP contribution is -2.29. The van der Waals surface area contributed by atoms with Gasteiger partial charge in [-0.15, -0.1) is 0 Å². The average Bonchev–Trinajstić information content (AvgIpc) is 3.06. The second-order valence-electron chi connectivity index (χ2n) is 7.74. The number of hydrogen-bond donors (Lipinski definition) is 1. The Morgan fingerprint density at radius 2 is 1.67 bits per heavy atom. The van der Waals surface area contributed by atoms with Gasteiger partial charge in [-0.1, -0.05) is 0 Å². The van der Waals surface area contributed by atoms with Gasteiger partial charge in [0, 0.05) is 29.7 Å². The van der Waals surface area contributed by atoms with Crippen LogP contribution in [0.1, 0.15) is 31.0 Å². The fraction of sp³-hybridized carbons (Fsp3) is 0.160. The van der Waals surface area contributed by atoms with Crippen molar-refractivity contribution in [1.82, 2.24) is 4.98 Å². The van der Waals surface area contributed by atoms with Crippen LogP contribution in [0.25, 0.3) is 5.76 Å². The molecular formula is C25H20F2N2O4. The Kier molecular flexibility index (Phi) is 5.91. The molecule has 1 fully saturated rings. The first-order valence-corrected chi connectivity index (χ1v) is 10.2. The zero-order chi connectivity index (χ0) is 23.7. The molecule has 2 heterocycles. The van der Waals surface area contributed by atoms with Crippen LogP contribution in [-0.2, 0) is 9.59 Å². The Morgan fingerprint density at radius 1 is 1.00 bits per heavy atom. The van der Waals surface area contributed by atoms with Crippen molar-refractivity contribution in [2.75, 3.05) is 4.90 Å². The van der Waals surface area contributed by atoms with Gasteiger partial charge in [0.1, 0.15) is 11.5 Å². The van der Waals surface area contributed by atoms with Gasteiger partial charge < -0.3 is 9.84 Å². The van der Waals surface area contributed by atoms with Crippen LogP contribution >= 0.6 is 0 Å². The van der Waals surface area contributed by atoms with Gasteiger partial charge in [0.15, 0.2) is 11.6 Å². The van der Waals surface area contributed by atoms with Crippen LogP contribution < -0.4 is 9.64 Å². The number of aromatic nitrogens is 1. The minimum Gasteiger partial charge on any atom is -0.507 e. The molecule has 4 rings (SSSR count). The second kappa shape index (κ2) is 8.82. The van der Waals surface area contributed by atoms with E-state index in [0.717, 1.165) is 17.0 Å². The SMILES string of the molecule is CC(C)Oc1ccc(/C(O)=C2\C(=O)C(=O)N(c3ccc(F)c(F)c3)C2c2ccncc2)cc1. The summed E-state index contributed by atoms with van der Waals surface area (Å²) < 4.78 is 33.1. The summed E-state index contributed by atoms with van der Waals surface area (Å²) >= 11 is 0. The largest absolute Gasteiger partial charge is 0.507 e. The summed E-state index contributed by atoms with van der Waals surface area (Å²) in [5.74, 6) is -3.97. The molecule has 0 aliphatic carbocycles. The van der Waals surface area contributed by atoms with Crippen molar-refractivity contribution in [2.24, 2.45) is 0 Å². The number of anilines is 1. The summed E-state index contributed by atoms with van der Waals surface area (Å²) in [6.07, 6.45) is 2.90. The zero-order valence-electron chi connectivity index (χ0n) is 17.8. The molecule has 2 aromatic carbocycles. The van der Waals surface area contributed by atoms with Gasteiger partial charge in [-0.25, -0.2) is 8.78 Å². The normalized spacial score (nSPS) is 17.6. The van der Waals surface area contributed by atoms with Gasteiger partial charge in [0.05, 0.1) is 17.7 Å². The van der Waals surface area contributed by atoms with Crippen molar-refractivity contribution < 1.29 is 28.2 Å². The third-order valence-corrected chi connectivity index (χ3v) is 5.15. The van der Waals surface area contributed by atoms with Crippen molar-refractivity contribution in [3.05, 3.63) is 95.3 Å². The molecule has 3 aromatic rings. The van der Waals surface area contributed by atoms with Crippen LogP contribution in [0, 0.1) is 11.6 Å². The number of aliphatic hydroxyl groups is 1. The highest BCUT2D eigenvalue weighted by Crippen LogP contribution is 2.42. The summed E-state index contributed by atoms with van der Waals surface area (Å²) in [6, 6.07) is 11.4. The van der Waals surface area contributed by atoms with Crippen molar-refractivity contribution in [3.63, 3.8) is 0 Å². The van der Waals surface area contributed by atoms with Gasteiger partial charge in [-0.2, -0.15) is 0 Å². The lowest BCUT2D eigenvalue weighted by Gasteiger charge is -2.25. The van der Waals surface area contributed by atoms with E-state index in [1.165, 1.54) is 18.5 Å².